The van der Waals surface area contributed by atoms with Crippen molar-refractivity contribution in [1.82, 2.24) is 5.32 Å². The standard InChI is InChI=1S/C11H23N3O2/c1-4-7-8(12)9(15)14-11(5-2,6-3)10(13)16/h8H,4-7,12H2,1-3H3,(H2,13,16)(H,14,15). The third-order valence-corrected chi connectivity index (χ3v) is 2.98. The van der Waals surface area contributed by atoms with Crippen molar-refractivity contribution in [3.8, 4) is 0 Å². The lowest BCUT2D eigenvalue weighted by Gasteiger charge is -2.30. The molecule has 0 aromatic rings. The summed E-state index contributed by atoms with van der Waals surface area (Å²) in [5.74, 6) is -0.807. The number of nitrogens with one attached hydrogen (secondary N) is 1. The molecule has 0 aliphatic rings. The molecule has 2 amide bonds. The Morgan fingerprint density at radius 2 is 1.75 bits per heavy atom. The summed E-state index contributed by atoms with van der Waals surface area (Å²) in [6.07, 6.45) is 2.39. The quantitative estimate of drug-likeness (QED) is 0.584. The Labute approximate surface area is 96.9 Å². The predicted molar refractivity (Wildman–Crippen MR) is 63.5 cm³/mol. The fourth-order valence-electron chi connectivity index (χ4n) is 1.61. The van der Waals surface area contributed by atoms with Gasteiger partial charge in [0.1, 0.15) is 5.54 Å². The fourth-order valence-corrected chi connectivity index (χ4v) is 1.61. The van der Waals surface area contributed by atoms with E-state index in [4.69, 9.17) is 11.5 Å². The lowest BCUT2D eigenvalue weighted by molar-refractivity contribution is -0.132. The van der Waals surface area contributed by atoms with Crippen LogP contribution in [-0.2, 0) is 9.59 Å². The minimum atomic E-state index is -0.956. The van der Waals surface area contributed by atoms with Gasteiger partial charge in [-0.05, 0) is 19.3 Å². The van der Waals surface area contributed by atoms with Gasteiger partial charge in [-0.1, -0.05) is 27.2 Å². The molecule has 0 rings (SSSR count). The Kier molecular flexibility index (Phi) is 6.03. The van der Waals surface area contributed by atoms with Gasteiger partial charge in [0, 0.05) is 0 Å². The Morgan fingerprint density at radius 1 is 1.25 bits per heavy atom. The number of primary amides is 1. The molecule has 0 aliphatic heterocycles. The molecule has 0 aliphatic carbocycles. The molecule has 0 heterocycles. The van der Waals surface area contributed by atoms with E-state index in [1.807, 2.05) is 20.8 Å². The first kappa shape index (κ1) is 14.9. The van der Waals surface area contributed by atoms with Gasteiger partial charge in [-0.15, -0.1) is 0 Å². The predicted octanol–water partition coefficient (Wildman–Crippen LogP) is 0.274. The molecule has 0 bridgehead atoms. The highest BCUT2D eigenvalue weighted by Gasteiger charge is 2.35. The zero-order chi connectivity index (χ0) is 12.8. The third-order valence-electron chi connectivity index (χ3n) is 2.98. The largest absolute Gasteiger partial charge is 0.368 e. The van der Waals surface area contributed by atoms with Gasteiger partial charge in [0.15, 0.2) is 0 Å². The Hall–Kier alpha value is -1.10. The summed E-state index contributed by atoms with van der Waals surface area (Å²) < 4.78 is 0. The molecule has 0 radical (unpaired) electrons. The maximum Gasteiger partial charge on any atom is 0.243 e. The van der Waals surface area contributed by atoms with Crippen LogP contribution < -0.4 is 16.8 Å². The summed E-state index contributed by atoms with van der Waals surface area (Å²) >= 11 is 0. The first-order chi connectivity index (χ1) is 7.43. The van der Waals surface area contributed by atoms with E-state index >= 15 is 0 Å². The molecule has 5 N–H and O–H groups in total. The Morgan fingerprint density at radius 3 is 2.06 bits per heavy atom. The van der Waals surface area contributed by atoms with Crippen LogP contribution in [0, 0.1) is 0 Å². The van der Waals surface area contributed by atoms with Gasteiger partial charge in [-0.3, -0.25) is 9.59 Å². The number of hydrogen-bond acceptors (Lipinski definition) is 3. The monoisotopic (exact) mass is 229 g/mol. The van der Waals surface area contributed by atoms with Gasteiger partial charge in [0.2, 0.25) is 11.8 Å². The van der Waals surface area contributed by atoms with Crippen molar-refractivity contribution in [3.05, 3.63) is 0 Å². The van der Waals surface area contributed by atoms with Crippen LogP contribution >= 0.6 is 0 Å². The SMILES string of the molecule is CCCC(N)C(=O)NC(CC)(CC)C(N)=O. The van der Waals surface area contributed by atoms with Crippen molar-refractivity contribution >= 4 is 11.8 Å². The molecule has 5 nitrogen and oxygen atoms in total. The summed E-state index contributed by atoms with van der Waals surface area (Å²) in [7, 11) is 0. The zero-order valence-corrected chi connectivity index (χ0v) is 10.4. The lowest BCUT2D eigenvalue weighted by Crippen LogP contribution is -2.59. The van der Waals surface area contributed by atoms with Crippen molar-refractivity contribution in [2.45, 2.75) is 58.0 Å². The fraction of sp³-hybridized carbons (Fsp3) is 0.818. The van der Waals surface area contributed by atoms with E-state index in [9.17, 15) is 9.59 Å². The van der Waals surface area contributed by atoms with Gasteiger partial charge in [0.05, 0.1) is 6.04 Å². The van der Waals surface area contributed by atoms with Crippen molar-refractivity contribution in [2.24, 2.45) is 11.5 Å². The molecule has 0 fully saturated rings. The number of nitrogens with two attached hydrogens (primary N) is 2. The van der Waals surface area contributed by atoms with Gasteiger partial charge in [-0.25, -0.2) is 0 Å². The normalized spacial score (nSPS) is 13.2. The summed E-state index contributed by atoms with van der Waals surface area (Å²) in [6.45, 7) is 5.59. The number of rotatable bonds is 7. The van der Waals surface area contributed by atoms with Gasteiger partial charge >= 0.3 is 0 Å². The van der Waals surface area contributed by atoms with Crippen LogP contribution in [0.15, 0.2) is 0 Å². The first-order valence-corrected chi connectivity index (χ1v) is 5.81. The average Bonchev–Trinajstić information content (AvgIpc) is 2.25. The average molecular weight is 229 g/mol. The molecule has 16 heavy (non-hydrogen) atoms. The second-order valence-corrected chi connectivity index (χ2v) is 4.04. The molecule has 0 saturated heterocycles. The van der Waals surface area contributed by atoms with Crippen LogP contribution in [0.25, 0.3) is 0 Å². The molecule has 5 heteroatoms. The minimum absolute atomic E-state index is 0.302. The van der Waals surface area contributed by atoms with Gasteiger partial charge in [-0.2, -0.15) is 0 Å². The molecule has 0 aromatic heterocycles. The highest BCUT2D eigenvalue weighted by atomic mass is 16.2. The summed E-state index contributed by atoms with van der Waals surface area (Å²) in [6, 6.07) is -0.568. The molecular formula is C11H23N3O2. The van der Waals surface area contributed by atoms with E-state index in [1.54, 1.807) is 0 Å². The molecule has 1 atom stereocenters. The van der Waals surface area contributed by atoms with Crippen LogP contribution in [0.5, 0.6) is 0 Å². The number of carbonyl (C=O) groups is 2. The molecule has 1 unspecified atom stereocenters. The highest BCUT2D eigenvalue weighted by molar-refractivity contribution is 5.92. The zero-order valence-electron chi connectivity index (χ0n) is 10.4. The summed E-state index contributed by atoms with van der Waals surface area (Å²) in [4.78, 5) is 23.1. The van der Waals surface area contributed by atoms with Crippen LogP contribution in [-0.4, -0.2) is 23.4 Å². The molecule has 0 saturated carbocycles. The van der Waals surface area contributed by atoms with Crippen LogP contribution in [0.4, 0.5) is 0 Å². The van der Waals surface area contributed by atoms with E-state index < -0.39 is 17.5 Å². The Balaban J connectivity index is 4.64. The summed E-state index contributed by atoms with van der Waals surface area (Å²) in [5.41, 5.74) is 10.0. The van der Waals surface area contributed by atoms with Gasteiger partial charge < -0.3 is 16.8 Å². The maximum absolute atomic E-state index is 11.7. The van der Waals surface area contributed by atoms with Crippen molar-refractivity contribution in [3.63, 3.8) is 0 Å². The molecular weight excluding hydrogens is 206 g/mol. The molecule has 0 aromatic carbocycles. The highest BCUT2D eigenvalue weighted by Crippen LogP contribution is 2.14. The van der Waals surface area contributed by atoms with Crippen molar-refractivity contribution in [1.29, 1.82) is 0 Å². The maximum atomic E-state index is 11.7. The summed E-state index contributed by atoms with van der Waals surface area (Å²) in [5, 5.41) is 2.68. The lowest BCUT2D eigenvalue weighted by atomic mass is 9.91. The minimum Gasteiger partial charge on any atom is -0.368 e. The van der Waals surface area contributed by atoms with Crippen LogP contribution in [0.2, 0.25) is 0 Å². The Bertz CT molecular complexity index is 250. The van der Waals surface area contributed by atoms with Crippen LogP contribution in [0.3, 0.4) is 0 Å². The van der Waals surface area contributed by atoms with Crippen molar-refractivity contribution in [2.75, 3.05) is 0 Å². The topological polar surface area (TPSA) is 98.2 Å². The second kappa shape index (κ2) is 6.48. The van der Waals surface area contributed by atoms with E-state index in [-0.39, 0.29) is 5.91 Å². The number of carbonyl (C=O) groups excluding carboxylic acids is 2. The van der Waals surface area contributed by atoms with E-state index in [1.165, 1.54) is 0 Å². The second-order valence-electron chi connectivity index (χ2n) is 4.04. The van der Waals surface area contributed by atoms with Crippen molar-refractivity contribution < 1.29 is 9.59 Å². The smallest absolute Gasteiger partial charge is 0.243 e. The van der Waals surface area contributed by atoms with Gasteiger partial charge in [0.25, 0.3) is 0 Å². The molecule has 0 spiro atoms. The van der Waals surface area contributed by atoms with E-state index in [0.717, 1.165) is 6.42 Å². The number of hydrogen-bond donors (Lipinski definition) is 3. The van der Waals surface area contributed by atoms with E-state index in [2.05, 4.69) is 5.32 Å². The number of amides is 2. The third kappa shape index (κ3) is 3.48. The van der Waals surface area contributed by atoms with Crippen LogP contribution in [0.1, 0.15) is 46.5 Å². The van der Waals surface area contributed by atoms with E-state index in [0.29, 0.717) is 19.3 Å². The first-order valence-electron chi connectivity index (χ1n) is 5.81. The molecule has 94 valence electrons.